The van der Waals surface area contributed by atoms with E-state index in [9.17, 15) is 0 Å². The zero-order chi connectivity index (χ0) is 14.4. The summed E-state index contributed by atoms with van der Waals surface area (Å²) in [6, 6.07) is 5.81. The molecule has 2 rings (SSSR count). The van der Waals surface area contributed by atoms with Crippen molar-refractivity contribution in [3.8, 4) is 11.5 Å². The summed E-state index contributed by atoms with van der Waals surface area (Å²) in [5.41, 5.74) is 7.83. The number of nitrogens with two attached hydrogens (primary N) is 1. The first-order valence-corrected chi connectivity index (χ1v) is 6.79. The summed E-state index contributed by atoms with van der Waals surface area (Å²) in [6.07, 6.45) is 4.66. The van der Waals surface area contributed by atoms with Crippen LogP contribution >= 0.6 is 0 Å². The normalized spacial score (nSPS) is 10.6. The van der Waals surface area contributed by atoms with Crippen LogP contribution < -0.4 is 15.2 Å². The maximum absolute atomic E-state index is 5.80. The lowest BCUT2D eigenvalue weighted by molar-refractivity contribution is 0.279. The molecule has 0 fully saturated rings. The summed E-state index contributed by atoms with van der Waals surface area (Å²) in [6.45, 7) is 3.64. The van der Waals surface area contributed by atoms with Crippen molar-refractivity contribution in [3.05, 3.63) is 41.7 Å². The van der Waals surface area contributed by atoms with Gasteiger partial charge in [0.25, 0.3) is 0 Å². The molecule has 1 heterocycles. The zero-order valence-electron chi connectivity index (χ0n) is 12.0. The summed E-state index contributed by atoms with van der Waals surface area (Å²) in [5, 5.41) is 4.13. The Bertz CT molecular complexity index is 552. The molecule has 2 aromatic rings. The number of benzene rings is 1. The van der Waals surface area contributed by atoms with Gasteiger partial charge in [0.2, 0.25) is 0 Å². The Kier molecular flexibility index (Phi) is 5.01. The van der Waals surface area contributed by atoms with Crippen LogP contribution in [-0.4, -0.2) is 23.0 Å². The molecule has 0 atom stereocenters. The second-order valence-corrected chi connectivity index (χ2v) is 4.54. The first-order valence-electron chi connectivity index (χ1n) is 6.79. The van der Waals surface area contributed by atoms with Crippen molar-refractivity contribution in [2.75, 3.05) is 13.2 Å². The molecular formula is C15H21N3O2. The minimum Gasteiger partial charge on any atom is -0.490 e. The largest absolute Gasteiger partial charge is 0.490 e. The summed E-state index contributed by atoms with van der Waals surface area (Å²) < 4.78 is 13.2. The van der Waals surface area contributed by atoms with Gasteiger partial charge < -0.3 is 15.2 Å². The number of nitrogens with zero attached hydrogens (tertiary/aromatic N) is 2. The van der Waals surface area contributed by atoms with Gasteiger partial charge in [0.1, 0.15) is 0 Å². The van der Waals surface area contributed by atoms with Gasteiger partial charge in [0, 0.05) is 26.2 Å². The Hall–Kier alpha value is -2.01. The van der Waals surface area contributed by atoms with Gasteiger partial charge in [-0.1, -0.05) is 6.07 Å². The quantitative estimate of drug-likeness (QED) is 0.838. The Morgan fingerprint density at radius 1 is 1.20 bits per heavy atom. The van der Waals surface area contributed by atoms with Crippen LogP contribution in [0.1, 0.15) is 18.1 Å². The molecule has 0 spiro atoms. The van der Waals surface area contributed by atoms with Crippen molar-refractivity contribution < 1.29 is 9.47 Å². The van der Waals surface area contributed by atoms with Gasteiger partial charge in [0.15, 0.2) is 11.5 Å². The molecule has 0 aliphatic heterocycles. The van der Waals surface area contributed by atoms with Gasteiger partial charge >= 0.3 is 0 Å². The van der Waals surface area contributed by atoms with Crippen LogP contribution in [0.25, 0.3) is 0 Å². The van der Waals surface area contributed by atoms with Gasteiger partial charge in [0.05, 0.1) is 19.4 Å². The fourth-order valence-corrected chi connectivity index (χ4v) is 1.95. The summed E-state index contributed by atoms with van der Waals surface area (Å²) in [5.74, 6) is 1.51. The average Bonchev–Trinajstić information content (AvgIpc) is 2.86. The number of rotatable bonds is 7. The molecule has 0 radical (unpaired) electrons. The zero-order valence-corrected chi connectivity index (χ0v) is 12.0. The minimum atomic E-state index is 0.496. The molecule has 0 aliphatic carbocycles. The van der Waals surface area contributed by atoms with Crippen LogP contribution in [0, 0.1) is 0 Å². The molecule has 0 unspecified atom stereocenters. The molecule has 2 N–H and O–H groups in total. The monoisotopic (exact) mass is 275 g/mol. The minimum absolute atomic E-state index is 0.496. The molecule has 0 aliphatic rings. The van der Waals surface area contributed by atoms with Crippen molar-refractivity contribution in [1.29, 1.82) is 0 Å². The Morgan fingerprint density at radius 2 is 2.05 bits per heavy atom. The fourth-order valence-electron chi connectivity index (χ4n) is 1.95. The topological polar surface area (TPSA) is 62.3 Å². The van der Waals surface area contributed by atoms with Crippen LogP contribution in [0.2, 0.25) is 0 Å². The number of aryl methyl sites for hydroxylation is 1. The molecule has 108 valence electrons. The molecule has 1 aromatic heterocycles. The summed E-state index contributed by atoms with van der Waals surface area (Å²) in [7, 11) is 1.91. The van der Waals surface area contributed by atoms with Crippen LogP contribution in [0.4, 0.5) is 0 Å². The number of hydrogen-bond donors (Lipinski definition) is 1. The lowest BCUT2D eigenvalue weighted by Crippen LogP contribution is -2.04. The van der Waals surface area contributed by atoms with Gasteiger partial charge in [-0.25, -0.2) is 0 Å². The van der Waals surface area contributed by atoms with Crippen molar-refractivity contribution >= 4 is 0 Å². The van der Waals surface area contributed by atoms with Crippen LogP contribution in [0.5, 0.6) is 11.5 Å². The maximum atomic E-state index is 5.80. The van der Waals surface area contributed by atoms with Gasteiger partial charge in [-0.2, -0.15) is 5.10 Å². The lowest BCUT2D eigenvalue weighted by Gasteiger charge is -2.12. The average molecular weight is 275 g/mol. The molecule has 20 heavy (non-hydrogen) atoms. The van der Waals surface area contributed by atoms with E-state index in [-0.39, 0.29) is 0 Å². The molecule has 0 bridgehead atoms. The van der Waals surface area contributed by atoms with E-state index in [0.29, 0.717) is 19.8 Å². The highest BCUT2D eigenvalue weighted by atomic mass is 16.5. The van der Waals surface area contributed by atoms with Crippen molar-refractivity contribution in [3.63, 3.8) is 0 Å². The number of hydrogen-bond acceptors (Lipinski definition) is 4. The Morgan fingerprint density at radius 3 is 2.70 bits per heavy atom. The van der Waals surface area contributed by atoms with E-state index in [1.165, 1.54) is 0 Å². The van der Waals surface area contributed by atoms with Crippen LogP contribution in [0.15, 0.2) is 30.6 Å². The van der Waals surface area contributed by atoms with E-state index >= 15 is 0 Å². The van der Waals surface area contributed by atoms with Crippen molar-refractivity contribution in [2.45, 2.75) is 19.9 Å². The third-order valence-corrected chi connectivity index (χ3v) is 2.95. The van der Waals surface area contributed by atoms with E-state index < -0.39 is 0 Å². The third kappa shape index (κ3) is 3.74. The highest BCUT2D eigenvalue weighted by Crippen LogP contribution is 2.28. The standard InChI is InChI=1S/C15H21N3O2/c1-3-19-15-8-12(9-16)4-5-14(15)20-7-6-13-10-17-18(2)11-13/h4-5,8,10-11H,3,6-7,9,16H2,1-2H3. The van der Waals surface area contributed by atoms with Crippen LogP contribution in [0.3, 0.4) is 0 Å². The summed E-state index contributed by atoms with van der Waals surface area (Å²) >= 11 is 0. The highest BCUT2D eigenvalue weighted by molar-refractivity contribution is 5.43. The van der Waals surface area contributed by atoms with Gasteiger partial charge in [-0.3, -0.25) is 4.68 Å². The highest BCUT2D eigenvalue weighted by Gasteiger charge is 2.06. The predicted molar refractivity (Wildman–Crippen MR) is 77.9 cm³/mol. The second-order valence-electron chi connectivity index (χ2n) is 4.54. The molecular weight excluding hydrogens is 254 g/mol. The molecule has 5 heteroatoms. The van der Waals surface area contributed by atoms with E-state index in [0.717, 1.165) is 29.0 Å². The van der Waals surface area contributed by atoms with E-state index in [2.05, 4.69) is 5.10 Å². The Labute approximate surface area is 119 Å². The van der Waals surface area contributed by atoms with Crippen LogP contribution in [-0.2, 0) is 20.0 Å². The summed E-state index contributed by atoms with van der Waals surface area (Å²) in [4.78, 5) is 0. The smallest absolute Gasteiger partial charge is 0.161 e. The molecule has 0 saturated heterocycles. The van der Waals surface area contributed by atoms with E-state index in [1.54, 1.807) is 4.68 Å². The first-order chi connectivity index (χ1) is 9.72. The van der Waals surface area contributed by atoms with Crippen molar-refractivity contribution in [1.82, 2.24) is 9.78 Å². The van der Waals surface area contributed by atoms with Gasteiger partial charge in [-0.15, -0.1) is 0 Å². The van der Waals surface area contributed by atoms with E-state index in [4.69, 9.17) is 15.2 Å². The second kappa shape index (κ2) is 6.96. The third-order valence-electron chi connectivity index (χ3n) is 2.95. The molecule has 0 saturated carbocycles. The SMILES string of the molecule is CCOc1cc(CN)ccc1OCCc1cnn(C)c1. The van der Waals surface area contributed by atoms with E-state index in [1.807, 2.05) is 44.6 Å². The molecule has 5 nitrogen and oxygen atoms in total. The Balaban J connectivity index is 1.97. The number of aromatic nitrogens is 2. The lowest BCUT2D eigenvalue weighted by atomic mass is 10.2. The van der Waals surface area contributed by atoms with Gasteiger partial charge in [-0.05, 0) is 30.2 Å². The predicted octanol–water partition coefficient (Wildman–Crippen LogP) is 1.90. The molecule has 0 amide bonds. The van der Waals surface area contributed by atoms with Crippen molar-refractivity contribution in [2.24, 2.45) is 12.8 Å². The first kappa shape index (κ1) is 14.4. The fraction of sp³-hybridized carbons (Fsp3) is 0.400. The number of ether oxygens (including phenoxy) is 2. The molecule has 1 aromatic carbocycles. The maximum Gasteiger partial charge on any atom is 0.161 e.